The molecule has 0 unspecified atom stereocenters. The number of aromatic carboxylic acids is 1. The average Bonchev–Trinajstić information content (AvgIpc) is 2.54. The normalized spacial score (nSPS) is 17.1. The van der Waals surface area contributed by atoms with Crippen LogP contribution in [0.2, 0.25) is 0 Å². The van der Waals surface area contributed by atoms with E-state index in [1.54, 1.807) is 13.2 Å². The van der Waals surface area contributed by atoms with Gasteiger partial charge in [0.15, 0.2) is 0 Å². The summed E-state index contributed by atoms with van der Waals surface area (Å²) in [4.78, 5) is 11.1. The maximum absolute atomic E-state index is 12.4. The zero-order valence-electron chi connectivity index (χ0n) is 13.3. The highest BCUT2D eigenvalue weighted by molar-refractivity contribution is 7.90. The zero-order valence-corrected chi connectivity index (χ0v) is 14.1. The Labute approximate surface area is 136 Å². The molecule has 1 saturated heterocycles. The first-order chi connectivity index (χ1) is 10.9. The van der Waals surface area contributed by atoms with Crippen molar-refractivity contribution in [3.63, 3.8) is 0 Å². The van der Waals surface area contributed by atoms with Gasteiger partial charge in [0, 0.05) is 20.2 Å². The Morgan fingerprint density at radius 1 is 1.39 bits per heavy atom. The van der Waals surface area contributed by atoms with Crippen molar-refractivity contribution < 1.29 is 23.1 Å². The van der Waals surface area contributed by atoms with E-state index in [9.17, 15) is 13.2 Å². The molecule has 1 aliphatic heterocycles. The first kappa shape index (κ1) is 17.7. The SMILES string of the molecule is CCc1cc(NS(=O)(=O)N2CCC(OC)CC2)ccc1C(=O)O. The molecule has 0 atom stereocenters. The highest BCUT2D eigenvalue weighted by Crippen LogP contribution is 2.21. The fourth-order valence-corrected chi connectivity index (χ4v) is 3.93. The summed E-state index contributed by atoms with van der Waals surface area (Å²) in [6, 6.07) is 4.47. The molecule has 8 heteroatoms. The van der Waals surface area contributed by atoms with E-state index in [0.29, 0.717) is 43.6 Å². The van der Waals surface area contributed by atoms with Gasteiger partial charge in [-0.1, -0.05) is 6.92 Å². The molecule has 1 aromatic carbocycles. The van der Waals surface area contributed by atoms with E-state index in [0.717, 1.165) is 0 Å². The maximum atomic E-state index is 12.4. The van der Waals surface area contributed by atoms with Gasteiger partial charge in [-0.3, -0.25) is 4.72 Å². The summed E-state index contributed by atoms with van der Waals surface area (Å²) >= 11 is 0. The van der Waals surface area contributed by atoms with Crippen LogP contribution < -0.4 is 4.72 Å². The summed E-state index contributed by atoms with van der Waals surface area (Å²) in [6.45, 7) is 2.64. The summed E-state index contributed by atoms with van der Waals surface area (Å²) in [5.41, 5.74) is 1.16. The molecular weight excluding hydrogens is 320 g/mol. The largest absolute Gasteiger partial charge is 0.478 e. The molecule has 7 nitrogen and oxygen atoms in total. The van der Waals surface area contributed by atoms with Gasteiger partial charge in [0.1, 0.15) is 0 Å². The van der Waals surface area contributed by atoms with Crippen LogP contribution in [0.4, 0.5) is 5.69 Å². The van der Waals surface area contributed by atoms with E-state index in [4.69, 9.17) is 9.84 Å². The lowest BCUT2D eigenvalue weighted by atomic mass is 10.0. The molecule has 0 saturated carbocycles. The van der Waals surface area contributed by atoms with Crippen LogP contribution in [-0.4, -0.2) is 50.1 Å². The number of nitrogens with one attached hydrogen (secondary N) is 1. The van der Waals surface area contributed by atoms with Gasteiger partial charge in [-0.25, -0.2) is 4.79 Å². The minimum absolute atomic E-state index is 0.1000. The Morgan fingerprint density at radius 3 is 2.57 bits per heavy atom. The molecule has 0 radical (unpaired) electrons. The van der Waals surface area contributed by atoms with Gasteiger partial charge in [0.25, 0.3) is 0 Å². The lowest BCUT2D eigenvalue weighted by molar-refractivity contribution is 0.0605. The van der Waals surface area contributed by atoms with Crippen LogP contribution in [0.3, 0.4) is 0 Å². The first-order valence-electron chi connectivity index (χ1n) is 7.54. The quantitative estimate of drug-likeness (QED) is 0.820. The summed E-state index contributed by atoms with van der Waals surface area (Å²) in [5, 5.41) is 9.11. The minimum Gasteiger partial charge on any atom is -0.478 e. The first-order valence-corrected chi connectivity index (χ1v) is 8.98. The minimum atomic E-state index is -3.65. The Balaban J connectivity index is 2.13. The van der Waals surface area contributed by atoms with Crippen LogP contribution in [0.25, 0.3) is 0 Å². The average molecular weight is 342 g/mol. The lowest BCUT2D eigenvalue weighted by Crippen LogP contribution is -2.43. The van der Waals surface area contributed by atoms with Crippen molar-refractivity contribution in [2.75, 3.05) is 24.9 Å². The Kier molecular flexibility index (Phi) is 5.61. The predicted octanol–water partition coefficient (Wildman–Crippen LogP) is 1.71. The number of aryl methyl sites for hydroxylation is 1. The van der Waals surface area contributed by atoms with Crippen molar-refractivity contribution in [1.82, 2.24) is 4.31 Å². The van der Waals surface area contributed by atoms with E-state index in [2.05, 4.69) is 4.72 Å². The van der Waals surface area contributed by atoms with Gasteiger partial charge >= 0.3 is 16.2 Å². The lowest BCUT2D eigenvalue weighted by Gasteiger charge is -2.30. The maximum Gasteiger partial charge on any atom is 0.335 e. The molecule has 23 heavy (non-hydrogen) atoms. The van der Waals surface area contributed by atoms with Gasteiger partial charge in [-0.2, -0.15) is 12.7 Å². The van der Waals surface area contributed by atoms with E-state index >= 15 is 0 Å². The third-order valence-electron chi connectivity index (χ3n) is 4.04. The summed E-state index contributed by atoms with van der Waals surface area (Å²) in [7, 11) is -2.02. The second-order valence-electron chi connectivity index (χ2n) is 5.47. The van der Waals surface area contributed by atoms with Gasteiger partial charge < -0.3 is 9.84 Å². The van der Waals surface area contributed by atoms with Crippen LogP contribution in [0, 0.1) is 0 Å². The third-order valence-corrected chi connectivity index (χ3v) is 5.58. The third kappa shape index (κ3) is 4.21. The Hall–Kier alpha value is -1.64. The number of anilines is 1. The summed E-state index contributed by atoms with van der Waals surface area (Å²) in [6.07, 6.45) is 1.93. The van der Waals surface area contributed by atoms with Gasteiger partial charge in [-0.05, 0) is 43.0 Å². The zero-order chi connectivity index (χ0) is 17.0. The van der Waals surface area contributed by atoms with Crippen molar-refractivity contribution in [2.45, 2.75) is 32.3 Å². The highest BCUT2D eigenvalue weighted by atomic mass is 32.2. The molecule has 2 rings (SSSR count). The van der Waals surface area contributed by atoms with Gasteiger partial charge in [0.05, 0.1) is 17.4 Å². The van der Waals surface area contributed by atoms with Crippen LogP contribution >= 0.6 is 0 Å². The number of methoxy groups -OCH3 is 1. The molecule has 128 valence electrons. The molecular formula is C15H22N2O5S. The standard InChI is InChI=1S/C15H22N2O5S/c1-3-11-10-12(4-5-14(11)15(18)19)16-23(20,21)17-8-6-13(22-2)7-9-17/h4-5,10,13,16H,3,6-9H2,1-2H3,(H,18,19). The number of nitrogens with zero attached hydrogens (tertiary/aromatic N) is 1. The smallest absolute Gasteiger partial charge is 0.335 e. The number of carbonyl (C=O) groups is 1. The number of rotatable bonds is 6. The fourth-order valence-electron chi connectivity index (χ4n) is 2.68. The number of hydrogen-bond donors (Lipinski definition) is 2. The molecule has 1 aliphatic rings. The van der Waals surface area contributed by atoms with E-state index < -0.39 is 16.2 Å². The molecule has 0 bridgehead atoms. The monoisotopic (exact) mass is 342 g/mol. The van der Waals surface area contributed by atoms with E-state index in [-0.39, 0.29) is 11.7 Å². The number of carboxylic acid groups (broad SMARTS) is 1. The molecule has 0 amide bonds. The van der Waals surface area contributed by atoms with Crippen LogP contribution in [0.15, 0.2) is 18.2 Å². The molecule has 0 spiro atoms. The van der Waals surface area contributed by atoms with E-state index in [1.807, 2.05) is 6.92 Å². The number of piperidine rings is 1. The van der Waals surface area contributed by atoms with Crippen LogP contribution in [0.1, 0.15) is 35.7 Å². The second-order valence-corrected chi connectivity index (χ2v) is 7.14. The highest BCUT2D eigenvalue weighted by Gasteiger charge is 2.28. The fraction of sp³-hybridized carbons (Fsp3) is 0.533. The summed E-state index contributed by atoms with van der Waals surface area (Å²) in [5.74, 6) is -1.02. The Bertz CT molecular complexity index is 666. The van der Waals surface area contributed by atoms with E-state index in [1.165, 1.54) is 16.4 Å². The number of benzene rings is 1. The second kappa shape index (κ2) is 7.29. The van der Waals surface area contributed by atoms with Crippen molar-refractivity contribution in [1.29, 1.82) is 0 Å². The van der Waals surface area contributed by atoms with Crippen molar-refractivity contribution >= 4 is 21.9 Å². The van der Waals surface area contributed by atoms with Crippen molar-refractivity contribution in [2.24, 2.45) is 0 Å². The van der Waals surface area contributed by atoms with Crippen LogP contribution in [0.5, 0.6) is 0 Å². The molecule has 1 heterocycles. The van der Waals surface area contributed by atoms with Gasteiger partial charge in [-0.15, -0.1) is 0 Å². The predicted molar refractivity (Wildman–Crippen MR) is 86.9 cm³/mol. The van der Waals surface area contributed by atoms with Gasteiger partial charge in [0.2, 0.25) is 0 Å². The molecule has 2 N–H and O–H groups in total. The number of carboxylic acids is 1. The number of ether oxygens (including phenoxy) is 1. The van der Waals surface area contributed by atoms with Crippen molar-refractivity contribution in [3.8, 4) is 0 Å². The topological polar surface area (TPSA) is 95.9 Å². The summed E-state index contributed by atoms with van der Waals surface area (Å²) < 4.78 is 34.0. The Morgan fingerprint density at radius 2 is 2.04 bits per heavy atom. The molecule has 1 fully saturated rings. The number of hydrogen-bond acceptors (Lipinski definition) is 4. The van der Waals surface area contributed by atoms with Crippen LogP contribution in [-0.2, 0) is 21.4 Å². The molecule has 0 aromatic heterocycles. The molecule has 0 aliphatic carbocycles. The van der Waals surface area contributed by atoms with Crippen molar-refractivity contribution in [3.05, 3.63) is 29.3 Å². The molecule has 1 aromatic rings.